The second kappa shape index (κ2) is 6.85. The number of nitrogen functional groups attached to an aromatic ring is 1. The fourth-order valence-electron chi connectivity index (χ4n) is 2.10. The number of hydrazine groups is 1. The fraction of sp³-hybridized carbons (Fsp3) is 0.250. The minimum absolute atomic E-state index is 0.182. The Morgan fingerprint density at radius 1 is 1.33 bits per heavy atom. The zero-order valence-corrected chi connectivity index (χ0v) is 12.3. The van der Waals surface area contributed by atoms with Crippen molar-refractivity contribution in [2.45, 2.75) is 19.8 Å². The third-order valence-electron chi connectivity index (χ3n) is 3.38. The van der Waals surface area contributed by atoms with Crippen LogP contribution < -0.4 is 16.6 Å². The first-order valence-electron chi connectivity index (χ1n) is 6.88. The van der Waals surface area contributed by atoms with Crippen molar-refractivity contribution in [2.75, 3.05) is 12.0 Å². The van der Waals surface area contributed by atoms with E-state index in [1.807, 2.05) is 25.1 Å². The van der Waals surface area contributed by atoms with Crippen LogP contribution in [-0.4, -0.2) is 17.4 Å². The van der Waals surface area contributed by atoms with E-state index < -0.39 is 0 Å². The molecule has 2 rings (SSSR count). The van der Waals surface area contributed by atoms with Gasteiger partial charge in [0.2, 0.25) is 0 Å². The summed E-state index contributed by atoms with van der Waals surface area (Å²) in [6, 6.07) is 11.8. The number of nitrogens with zero attached hydrogens (tertiary/aromatic N) is 1. The fourth-order valence-corrected chi connectivity index (χ4v) is 2.10. The summed E-state index contributed by atoms with van der Waals surface area (Å²) in [6.07, 6.45) is 1.53. The van der Waals surface area contributed by atoms with Gasteiger partial charge in [0.1, 0.15) is 0 Å². The van der Waals surface area contributed by atoms with E-state index in [2.05, 4.69) is 34.8 Å². The van der Waals surface area contributed by atoms with Crippen molar-refractivity contribution in [1.29, 1.82) is 0 Å². The molecule has 0 aliphatic heterocycles. The van der Waals surface area contributed by atoms with E-state index >= 15 is 0 Å². The van der Waals surface area contributed by atoms with Crippen LogP contribution in [0.2, 0.25) is 0 Å². The summed E-state index contributed by atoms with van der Waals surface area (Å²) in [5.74, 6) is 5.50. The van der Waals surface area contributed by atoms with Crippen LogP contribution >= 0.6 is 0 Å². The number of aromatic nitrogens is 1. The van der Waals surface area contributed by atoms with Crippen molar-refractivity contribution in [3.63, 3.8) is 0 Å². The van der Waals surface area contributed by atoms with Crippen molar-refractivity contribution < 1.29 is 4.79 Å². The largest absolute Gasteiger partial charge is 0.351 e. The average Bonchev–Trinajstić information content (AvgIpc) is 2.52. The zero-order chi connectivity index (χ0) is 15.2. The maximum absolute atomic E-state index is 12.2. The maximum atomic E-state index is 12.2. The Kier molecular flexibility index (Phi) is 4.90. The molecular weight excluding hydrogens is 264 g/mol. The highest BCUT2D eigenvalue weighted by molar-refractivity contribution is 5.99. The summed E-state index contributed by atoms with van der Waals surface area (Å²) in [5.41, 5.74) is 5.55. The van der Waals surface area contributed by atoms with Crippen LogP contribution in [0, 0.1) is 6.92 Å². The van der Waals surface area contributed by atoms with E-state index in [0.717, 1.165) is 5.69 Å². The highest BCUT2D eigenvalue weighted by Crippen LogP contribution is 2.16. The Balaban J connectivity index is 2.02. The molecule has 1 unspecified atom stereocenters. The standard InChI is InChI=1S/C16H20N4O/c1-11(13-6-4-3-5-7-13)9-19-16(21)14-10-18-12(2)8-15(14)20-17/h3-8,10-11H,9,17H2,1-2H3,(H,18,20)(H,19,21). The summed E-state index contributed by atoms with van der Waals surface area (Å²) in [4.78, 5) is 16.4. The Labute approximate surface area is 124 Å². The lowest BCUT2D eigenvalue weighted by Crippen LogP contribution is -2.29. The topological polar surface area (TPSA) is 80.0 Å². The van der Waals surface area contributed by atoms with E-state index in [-0.39, 0.29) is 11.8 Å². The molecule has 0 saturated heterocycles. The van der Waals surface area contributed by atoms with E-state index in [4.69, 9.17) is 5.84 Å². The van der Waals surface area contributed by atoms with Gasteiger partial charge in [-0.2, -0.15) is 0 Å². The van der Waals surface area contributed by atoms with Crippen molar-refractivity contribution in [3.05, 3.63) is 59.4 Å². The lowest BCUT2D eigenvalue weighted by molar-refractivity contribution is 0.0952. The minimum atomic E-state index is -0.182. The van der Waals surface area contributed by atoms with Crippen LogP contribution in [0.15, 0.2) is 42.6 Å². The average molecular weight is 284 g/mol. The maximum Gasteiger partial charge on any atom is 0.255 e. The summed E-state index contributed by atoms with van der Waals surface area (Å²) in [5, 5.41) is 2.92. The van der Waals surface area contributed by atoms with Crippen molar-refractivity contribution in [2.24, 2.45) is 5.84 Å². The number of anilines is 1. The highest BCUT2D eigenvalue weighted by Gasteiger charge is 2.13. The van der Waals surface area contributed by atoms with Gasteiger partial charge in [0.05, 0.1) is 11.3 Å². The van der Waals surface area contributed by atoms with E-state index in [1.165, 1.54) is 11.8 Å². The number of carbonyl (C=O) groups is 1. The number of rotatable bonds is 5. The van der Waals surface area contributed by atoms with E-state index in [0.29, 0.717) is 17.8 Å². The molecule has 2 aromatic rings. The molecule has 0 bridgehead atoms. The van der Waals surface area contributed by atoms with Gasteiger partial charge < -0.3 is 10.7 Å². The Morgan fingerprint density at radius 2 is 2.05 bits per heavy atom. The first-order chi connectivity index (χ1) is 10.1. The van der Waals surface area contributed by atoms with Gasteiger partial charge in [-0.05, 0) is 24.5 Å². The normalized spacial score (nSPS) is 11.8. The third kappa shape index (κ3) is 3.79. The van der Waals surface area contributed by atoms with Gasteiger partial charge in [0.25, 0.3) is 5.91 Å². The quantitative estimate of drug-likeness (QED) is 0.581. The Morgan fingerprint density at radius 3 is 2.71 bits per heavy atom. The number of amides is 1. The number of nitrogens with one attached hydrogen (secondary N) is 2. The van der Waals surface area contributed by atoms with Crippen molar-refractivity contribution >= 4 is 11.6 Å². The first kappa shape index (κ1) is 15.0. The zero-order valence-electron chi connectivity index (χ0n) is 12.3. The molecule has 0 saturated carbocycles. The second-order valence-corrected chi connectivity index (χ2v) is 5.04. The van der Waals surface area contributed by atoms with Gasteiger partial charge in [-0.1, -0.05) is 37.3 Å². The number of aryl methyl sites for hydroxylation is 1. The molecule has 5 nitrogen and oxygen atoms in total. The van der Waals surface area contributed by atoms with Crippen LogP contribution in [0.3, 0.4) is 0 Å². The van der Waals surface area contributed by atoms with Gasteiger partial charge in [0, 0.05) is 18.4 Å². The first-order valence-corrected chi connectivity index (χ1v) is 6.88. The molecule has 110 valence electrons. The number of carbonyl (C=O) groups excluding carboxylic acids is 1. The molecule has 1 atom stereocenters. The lowest BCUT2D eigenvalue weighted by atomic mass is 10.0. The number of benzene rings is 1. The van der Waals surface area contributed by atoms with Gasteiger partial charge >= 0.3 is 0 Å². The molecule has 4 N–H and O–H groups in total. The van der Waals surface area contributed by atoms with Gasteiger partial charge in [-0.25, -0.2) is 0 Å². The van der Waals surface area contributed by atoms with Gasteiger partial charge in [-0.3, -0.25) is 15.6 Å². The summed E-state index contributed by atoms with van der Waals surface area (Å²) in [6.45, 7) is 4.48. The summed E-state index contributed by atoms with van der Waals surface area (Å²) < 4.78 is 0. The molecule has 0 radical (unpaired) electrons. The Bertz CT molecular complexity index is 613. The molecule has 1 aromatic carbocycles. The summed E-state index contributed by atoms with van der Waals surface area (Å²) in [7, 11) is 0. The van der Waals surface area contributed by atoms with Gasteiger partial charge in [-0.15, -0.1) is 0 Å². The van der Waals surface area contributed by atoms with E-state index in [1.54, 1.807) is 6.07 Å². The third-order valence-corrected chi connectivity index (χ3v) is 3.38. The molecule has 0 spiro atoms. The predicted molar refractivity (Wildman–Crippen MR) is 84.0 cm³/mol. The summed E-state index contributed by atoms with van der Waals surface area (Å²) >= 11 is 0. The van der Waals surface area contributed by atoms with Crippen LogP contribution in [0.25, 0.3) is 0 Å². The number of hydrogen-bond acceptors (Lipinski definition) is 4. The molecular formula is C16H20N4O. The number of pyridine rings is 1. The molecule has 0 aliphatic rings. The lowest BCUT2D eigenvalue weighted by Gasteiger charge is -2.14. The molecule has 1 amide bonds. The molecule has 1 aromatic heterocycles. The SMILES string of the molecule is Cc1cc(NN)c(C(=O)NCC(C)c2ccccc2)cn1. The van der Waals surface area contributed by atoms with Gasteiger partial charge in [0.15, 0.2) is 0 Å². The molecule has 1 heterocycles. The smallest absolute Gasteiger partial charge is 0.255 e. The molecule has 21 heavy (non-hydrogen) atoms. The highest BCUT2D eigenvalue weighted by atomic mass is 16.1. The van der Waals surface area contributed by atoms with Crippen LogP contribution in [-0.2, 0) is 0 Å². The molecule has 0 aliphatic carbocycles. The van der Waals surface area contributed by atoms with Crippen LogP contribution in [0.1, 0.15) is 34.5 Å². The predicted octanol–water partition coefficient (Wildman–Crippen LogP) is 2.21. The minimum Gasteiger partial charge on any atom is -0.351 e. The Hall–Kier alpha value is -2.40. The molecule has 0 fully saturated rings. The second-order valence-electron chi connectivity index (χ2n) is 5.04. The number of hydrogen-bond donors (Lipinski definition) is 3. The van der Waals surface area contributed by atoms with E-state index in [9.17, 15) is 4.79 Å². The molecule has 5 heteroatoms. The van der Waals surface area contributed by atoms with Crippen molar-refractivity contribution in [3.8, 4) is 0 Å². The van der Waals surface area contributed by atoms with Crippen molar-refractivity contribution in [1.82, 2.24) is 10.3 Å². The van der Waals surface area contributed by atoms with Crippen LogP contribution in [0.5, 0.6) is 0 Å². The van der Waals surface area contributed by atoms with Crippen LogP contribution in [0.4, 0.5) is 5.69 Å². The number of nitrogens with two attached hydrogens (primary N) is 1. The monoisotopic (exact) mass is 284 g/mol.